The van der Waals surface area contributed by atoms with Gasteiger partial charge in [0.25, 0.3) is 0 Å². The maximum absolute atomic E-state index is 4.27. The van der Waals surface area contributed by atoms with Crippen molar-refractivity contribution in [1.29, 1.82) is 0 Å². The smallest absolute Gasteiger partial charge is 0.191 e. The maximum atomic E-state index is 4.27. The van der Waals surface area contributed by atoms with Crippen LogP contribution in [0.4, 0.5) is 0 Å². The van der Waals surface area contributed by atoms with Gasteiger partial charge < -0.3 is 15.5 Å². The second-order valence-corrected chi connectivity index (χ2v) is 5.93. The Kier molecular flexibility index (Phi) is 7.87. The summed E-state index contributed by atoms with van der Waals surface area (Å²) in [5, 5.41) is 6.83. The lowest BCUT2D eigenvalue weighted by Crippen LogP contribution is -2.44. The van der Waals surface area contributed by atoms with Crippen molar-refractivity contribution in [3.05, 3.63) is 0 Å². The van der Waals surface area contributed by atoms with Crippen LogP contribution in [-0.2, 0) is 0 Å². The highest BCUT2D eigenvalue weighted by Gasteiger charge is 2.10. The second kappa shape index (κ2) is 9.18. The number of guanidine groups is 1. The maximum Gasteiger partial charge on any atom is 0.191 e. The molecule has 0 aliphatic carbocycles. The molecular formula is C15H32N4. The van der Waals surface area contributed by atoms with Crippen LogP contribution in [0.3, 0.4) is 0 Å². The Morgan fingerprint density at radius 1 is 1.16 bits per heavy atom. The topological polar surface area (TPSA) is 39.7 Å². The summed E-state index contributed by atoms with van der Waals surface area (Å²) < 4.78 is 0. The molecule has 4 nitrogen and oxygen atoms in total. The first-order chi connectivity index (χ1) is 9.13. The molecule has 1 rings (SSSR count). The van der Waals surface area contributed by atoms with Crippen LogP contribution in [0.2, 0.25) is 0 Å². The monoisotopic (exact) mass is 268 g/mol. The van der Waals surface area contributed by atoms with Gasteiger partial charge in [-0.15, -0.1) is 0 Å². The van der Waals surface area contributed by atoms with Crippen LogP contribution in [0.1, 0.15) is 46.5 Å². The van der Waals surface area contributed by atoms with Crippen LogP contribution in [0.15, 0.2) is 4.99 Å². The normalized spacial score (nSPS) is 18.9. The van der Waals surface area contributed by atoms with Crippen LogP contribution in [0, 0.1) is 5.92 Å². The van der Waals surface area contributed by atoms with Gasteiger partial charge in [0.05, 0.1) is 0 Å². The van der Waals surface area contributed by atoms with Crippen LogP contribution < -0.4 is 10.6 Å². The van der Waals surface area contributed by atoms with E-state index in [1.165, 1.54) is 45.3 Å². The molecular weight excluding hydrogens is 236 g/mol. The predicted octanol–water partition coefficient (Wildman–Crippen LogP) is 2.07. The molecule has 1 unspecified atom stereocenters. The molecule has 1 heterocycles. The molecule has 1 atom stereocenters. The van der Waals surface area contributed by atoms with E-state index in [9.17, 15) is 0 Å². The standard InChI is InChI=1S/C15H32N4/c1-13(2)14(3)18-15(16-4)17-9-5-6-10-19-11-7-8-12-19/h13-14H,5-12H2,1-4H3,(H2,16,17,18). The van der Waals surface area contributed by atoms with Crippen molar-refractivity contribution in [3.8, 4) is 0 Å². The summed E-state index contributed by atoms with van der Waals surface area (Å²) in [6, 6.07) is 0.454. The number of aliphatic imine (C=N–C) groups is 1. The third-order valence-electron chi connectivity index (χ3n) is 3.98. The van der Waals surface area contributed by atoms with Crippen molar-refractivity contribution in [1.82, 2.24) is 15.5 Å². The van der Waals surface area contributed by atoms with E-state index in [2.05, 4.69) is 41.3 Å². The first-order valence-electron chi connectivity index (χ1n) is 7.83. The minimum atomic E-state index is 0.454. The molecule has 1 aliphatic rings. The summed E-state index contributed by atoms with van der Waals surface area (Å²) in [5.41, 5.74) is 0. The van der Waals surface area contributed by atoms with Gasteiger partial charge in [0.15, 0.2) is 5.96 Å². The van der Waals surface area contributed by atoms with E-state index < -0.39 is 0 Å². The SMILES string of the molecule is CN=C(NCCCCN1CCCC1)NC(C)C(C)C. The number of rotatable bonds is 7. The van der Waals surface area contributed by atoms with Crippen molar-refractivity contribution < 1.29 is 0 Å². The molecule has 1 saturated heterocycles. The zero-order valence-corrected chi connectivity index (χ0v) is 13.2. The van der Waals surface area contributed by atoms with Crippen LogP contribution in [0.25, 0.3) is 0 Å². The van der Waals surface area contributed by atoms with Gasteiger partial charge in [0, 0.05) is 19.6 Å². The predicted molar refractivity (Wildman–Crippen MR) is 83.7 cm³/mol. The van der Waals surface area contributed by atoms with Crippen LogP contribution >= 0.6 is 0 Å². The Balaban J connectivity index is 2.05. The molecule has 4 heteroatoms. The third kappa shape index (κ3) is 6.81. The highest BCUT2D eigenvalue weighted by Crippen LogP contribution is 2.07. The van der Waals surface area contributed by atoms with E-state index in [1.54, 1.807) is 0 Å². The molecule has 0 amide bonds. The second-order valence-electron chi connectivity index (χ2n) is 5.93. The van der Waals surface area contributed by atoms with E-state index in [-0.39, 0.29) is 0 Å². The van der Waals surface area contributed by atoms with Gasteiger partial charge in [-0.3, -0.25) is 4.99 Å². The number of nitrogens with zero attached hydrogens (tertiary/aromatic N) is 2. The van der Waals surface area contributed by atoms with Crippen molar-refractivity contribution >= 4 is 5.96 Å². The van der Waals surface area contributed by atoms with E-state index in [1.807, 2.05) is 7.05 Å². The first kappa shape index (κ1) is 16.3. The molecule has 0 radical (unpaired) electrons. The lowest BCUT2D eigenvalue weighted by molar-refractivity contribution is 0.330. The van der Waals surface area contributed by atoms with E-state index in [4.69, 9.17) is 0 Å². The minimum absolute atomic E-state index is 0.454. The molecule has 0 bridgehead atoms. The quantitative estimate of drug-likeness (QED) is 0.422. The molecule has 1 fully saturated rings. The van der Waals surface area contributed by atoms with Gasteiger partial charge in [-0.1, -0.05) is 13.8 Å². The summed E-state index contributed by atoms with van der Waals surface area (Å²) in [6.07, 6.45) is 5.28. The fourth-order valence-corrected chi connectivity index (χ4v) is 2.25. The van der Waals surface area contributed by atoms with Crippen molar-refractivity contribution in [3.63, 3.8) is 0 Å². The fourth-order valence-electron chi connectivity index (χ4n) is 2.25. The van der Waals surface area contributed by atoms with Gasteiger partial charge in [0.2, 0.25) is 0 Å². The van der Waals surface area contributed by atoms with Crippen LogP contribution in [-0.4, -0.2) is 50.1 Å². The fraction of sp³-hybridized carbons (Fsp3) is 0.933. The van der Waals surface area contributed by atoms with Gasteiger partial charge in [-0.2, -0.15) is 0 Å². The summed E-state index contributed by atoms with van der Waals surface area (Å²) in [7, 11) is 1.84. The third-order valence-corrected chi connectivity index (χ3v) is 3.98. The van der Waals surface area contributed by atoms with E-state index >= 15 is 0 Å². The van der Waals surface area contributed by atoms with Crippen molar-refractivity contribution in [2.75, 3.05) is 33.2 Å². The number of likely N-dealkylation sites (tertiary alicyclic amines) is 1. The molecule has 112 valence electrons. The first-order valence-corrected chi connectivity index (χ1v) is 7.83. The average molecular weight is 268 g/mol. The zero-order chi connectivity index (χ0) is 14.1. The van der Waals surface area contributed by atoms with Gasteiger partial charge in [0.1, 0.15) is 0 Å². The van der Waals surface area contributed by atoms with E-state index in [0.29, 0.717) is 12.0 Å². The summed E-state index contributed by atoms with van der Waals surface area (Å²) in [6.45, 7) is 11.5. The Morgan fingerprint density at radius 2 is 1.84 bits per heavy atom. The van der Waals surface area contributed by atoms with Crippen molar-refractivity contribution in [2.24, 2.45) is 10.9 Å². The largest absolute Gasteiger partial charge is 0.356 e. The molecule has 0 aromatic heterocycles. The van der Waals surface area contributed by atoms with Gasteiger partial charge in [-0.05, 0) is 58.2 Å². The Bertz CT molecular complexity index is 257. The molecule has 2 N–H and O–H groups in total. The van der Waals surface area contributed by atoms with Crippen LogP contribution in [0.5, 0.6) is 0 Å². The Hall–Kier alpha value is -0.770. The highest BCUT2D eigenvalue weighted by atomic mass is 15.2. The summed E-state index contributed by atoms with van der Waals surface area (Å²) in [5.74, 6) is 1.55. The number of unbranched alkanes of at least 4 members (excludes halogenated alkanes) is 1. The average Bonchev–Trinajstić information content (AvgIpc) is 2.89. The number of hydrogen-bond donors (Lipinski definition) is 2. The Morgan fingerprint density at radius 3 is 2.42 bits per heavy atom. The van der Waals surface area contributed by atoms with E-state index in [0.717, 1.165) is 12.5 Å². The number of hydrogen-bond acceptors (Lipinski definition) is 2. The molecule has 19 heavy (non-hydrogen) atoms. The molecule has 0 aromatic rings. The summed E-state index contributed by atoms with van der Waals surface area (Å²) in [4.78, 5) is 6.85. The lowest BCUT2D eigenvalue weighted by atomic mass is 10.1. The molecule has 0 saturated carbocycles. The zero-order valence-electron chi connectivity index (χ0n) is 13.2. The van der Waals surface area contributed by atoms with Gasteiger partial charge >= 0.3 is 0 Å². The minimum Gasteiger partial charge on any atom is -0.356 e. The number of nitrogens with one attached hydrogen (secondary N) is 2. The molecule has 0 spiro atoms. The molecule has 1 aliphatic heterocycles. The summed E-state index contributed by atoms with van der Waals surface area (Å²) >= 11 is 0. The molecule has 0 aromatic carbocycles. The highest BCUT2D eigenvalue weighted by molar-refractivity contribution is 5.79. The lowest BCUT2D eigenvalue weighted by Gasteiger charge is -2.21. The van der Waals surface area contributed by atoms with Crippen molar-refractivity contribution in [2.45, 2.75) is 52.5 Å². The Labute approximate surface area is 119 Å². The van der Waals surface area contributed by atoms with Gasteiger partial charge in [-0.25, -0.2) is 0 Å².